The Morgan fingerprint density at radius 3 is 2.68 bits per heavy atom. The van der Waals surface area contributed by atoms with Crippen molar-refractivity contribution < 1.29 is 14.3 Å². The first-order valence-corrected chi connectivity index (χ1v) is 12.7. The van der Waals surface area contributed by atoms with Crippen molar-refractivity contribution in [2.75, 3.05) is 52.3 Å². The molecule has 194 valence electrons. The van der Waals surface area contributed by atoms with E-state index in [1.165, 1.54) is 4.57 Å². The van der Waals surface area contributed by atoms with Crippen LogP contribution >= 0.6 is 11.6 Å². The predicted octanol–water partition coefficient (Wildman–Crippen LogP) is 2.95. The molecule has 0 bridgehead atoms. The summed E-state index contributed by atoms with van der Waals surface area (Å²) in [6, 6.07) is 12.3. The highest BCUT2D eigenvalue weighted by molar-refractivity contribution is 6.31. The molecule has 1 atom stereocenters. The maximum atomic E-state index is 13.1. The van der Waals surface area contributed by atoms with Gasteiger partial charge in [-0.05, 0) is 49.6 Å². The molecular formula is C27H30ClN5O4. The zero-order valence-electron chi connectivity index (χ0n) is 21.2. The van der Waals surface area contributed by atoms with Crippen LogP contribution in [0.4, 0.5) is 5.82 Å². The van der Waals surface area contributed by atoms with Gasteiger partial charge in [0.25, 0.3) is 5.91 Å². The van der Waals surface area contributed by atoms with E-state index in [-0.39, 0.29) is 18.4 Å². The van der Waals surface area contributed by atoms with Crippen molar-refractivity contribution in [1.82, 2.24) is 19.4 Å². The number of nitrogens with zero attached hydrogens (tertiary/aromatic N) is 5. The Morgan fingerprint density at radius 1 is 1.14 bits per heavy atom. The lowest BCUT2D eigenvalue weighted by Gasteiger charge is -2.38. The summed E-state index contributed by atoms with van der Waals surface area (Å²) in [6.45, 7) is 1.63. The third-order valence-electron chi connectivity index (χ3n) is 7.35. The molecule has 0 N–H and O–H groups in total. The van der Waals surface area contributed by atoms with Gasteiger partial charge in [-0.1, -0.05) is 17.7 Å². The number of halogens is 1. The summed E-state index contributed by atoms with van der Waals surface area (Å²) < 4.78 is 7.35. The number of amides is 2. The minimum absolute atomic E-state index is 0.130. The van der Waals surface area contributed by atoms with Gasteiger partial charge in [0.2, 0.25) is 5.91 Å². The molecule has 3 aromatic rings. The van der Waals surface area contributed by atoms with Crippen LogP contribution in [0.5, 0.6) is 5.75 Å². The molecule has 5 rings (SSSR count). The lowest BCUT2D eigenvalue weighted by atomic mass is 9.78. The van der Waals surface area contributed by atoms with Crippen LogP contribution in [0.1, 0.15) is 19.3 Å². The largest absolute Gasteiger partial charge is 0.484 e. The summed E-state index contributed by atoms with van der Waals surface area (Å²) in [5, 5.41) is 1.28. The van der Waals surface area contributed by atoms with E-state index in [9.17, 15) is 14.4 Å². The van der Waals surface area contributed by atoms with Gasteiger partial charge in [-0.2, -0.15) is 4.98 Å². The van der Waals surface area contributed by atoms with E-state index in [2.05, 4.69) is 4.98 Å². The maximum Gasteiger partial charge on any atom is 0.354 e. The van der Waals surface area contributed by atoms with E-state index in [1.807, 2.05) is 27.2 Å². The molecule has 37 heavy (non-hydrogen) atoms. The molecule has 1 aromatic heterocycles. The van der Waals surface area contributed by atoms with Gasteiger partial charge in [0.1, 0.15) is 11.6 Å². The fourth-order valence-electron chi connectivity index (χ4n) is 5.44. The van der Waals surface area contributed by atoms with Crippen LogP contribution in [0.3, 0.4) is 0 Å². The van der Waals surface area contributed by atoms with E-state index in [0.717, 1.165) is 31.2 Å². The van der Waals surface area contributed by atoms with E-state index >= 15 is 0 Å². The van der Waals surface area contributed by atoms with Gasteiger partial charge in [0, 0.05) is 57.3 Å². The normalized spacial score (nSPS) is 19.6. The maximum absolute atomic E-state index is 13.1. The number of anilines is 1. The first-order valence-electron chi connectivity index (χ1n) is 12.3. The monoisotopic (exact) mass is 523 g/mol. The van der Waals surface area contributed by atoms with Crippen molar-refractivity contribution in [2.24, 2.45) is 5.41 Å². The third-order valence-corrected chi connectivity index (χ3v) is 7.59. The van der Waals surface area contributed by atoms with Gasteiger partial charge < -0.3 is 19.4 Å². The molecule has 2 fully saturated rings. The minimum Gasteiger partial charge on any atom is -0.484 e. The van der Waals surface area contributed by atoms with Gasteiger partial charge in [-0.25, -0.2) is 4.79 Å². The first kappa shape index (κ1) is 25.1. The zero-order chi connectivity index (χ0) is 26.3. The fourth-order valence-corrected chi connectivity index (χ4v) is 5.61. The molecule has 2 aliphatic rings. The van der Waals surface area contributed by atoms with Crippen LogP contribution in [0.2, 0.25) is 5.02 Å². The molecule has 1 unspecified atom stereocenters. The Labute approximate surface area is 220 Å². The minimum atomic E-state index is -0.461. The number of benzene rings is 2. The van der Waals surface area contributed by atoms with Crippen molar-refractivity contribution in [3.8, 4) is 11.4 Å². The molecular weight excluding hydrogens is 494 g/mol. The summed E-state index contributed by atoms with van der Waals surface area (Å²) in [5.41, 5.74) is 0.264. The van der Waals surface area contributed by atoms with Gasteiger partial charge in [0.15, 0.2) is 6.61 Å². The smallest absolute Gasteiger partial charge is 0.354 e. The van der Waals surface area contributed by atoms with Crippen LogP contribution in [-0.4, -0.2) is 78.5 Å². The second-order valence-electron chi connectivity index (χ2n) is 10.1. The van der Waals surface area contributed by atoms with Gasteiger partial charge in [0.05, 0.1) is 16.6 Å². The summed E-state index contributed by atoms with van der Waals surface area (Å²) in [5.74, 6) is 0.980. The number of fused-ring (bicyclic) bond motifs is 1. The summed E-state index contributed by atoms with van der Waals surface area (Å²) in [6.07, 6.45) is 2.40. The molecule has 0 saturated carbocycles. The van der Waals surface area contributed by atoms with E-state index in [0.29, 0.717) is 40.9 Å². The number of ether oxygens (including phenoxy) is 1. The van der Waals surface area contributed by atoms with Crippen molar-refractivity contribution in [3.63, 3.8) is 0 Å². The topological polar surface area (TPSA) is 88.0 Å². The molecule has 0 radical (unpaired) electrons. The standard InChI is InChI=1S/C27H30ClN5O4/c1-30(2)24-21-9-8-18(28)14-22(21)33(26(36)29-24)19-6-4-7-20(15-19)37-16-23(34)32-12-5-10-27(17-32)11-13-31(3)25(27)35/h4,6-9,14-15H,5,10-13,16-17H2,1-3H3. The molecule has 3 heterocycles. The lowest BCUT2D eigenvalue weighted by Crippen LogP contribution is -2.50. The SMILES string of the molecule is CN1CCC2(CCCN(C(=O)COc3cccc(-n4c(=O)nc(N(C)C)c5ccc(Cl)cc54)c3)C2)C1=O. The van der Waals surface area contributed by atoms with Crippen molar-refractivity contribution >= 4 is 40.1 Å². The van der Waals surface area contributed by atoms with E-state index in [4.69, 9.17) is 16.3 Å². The molecule has 0 aliphatic carbocycles. The van der Waals surface area contributed by atoms with Gasteiger partial charge in [-0.3, -0.25) is 14.2 Å². The Morgan fingerprint density at radius 2 is 1.95 bits per heavy atom. The molecule has 1 spiro atoms. The summed E-state index contributed by atoms with van der Waals surface area (Å²) in [7, 11) is 5.48. The molecule has 2 aliphatic heterocycles. The molecule has 2 aromatic carbocycles. The molecule has 2 saturated heterocycles. The Balaban J connectivity index is 1.37. The Hall–Kier alpha value is -3.59. The van der Waals surface area contributed by atoms with E-state index < -0.39 is 11.1 Å². The molecule has 2 amide bonds. The average Bonchev–Trinajstić information content (AvgIpc) is 3.14. The van der Waals surface area contributed by atoms with Crippen LogP contribution in [-0.2, 0) is 9.59 Å². The molecule has 9 nitrogen and oxygen atoms in total. The van der Waals surface area contributed by atoms with Crippen LogP contribution < -0.4 is 15.3 Å². The van der Waals surface area contributed by atoms with E-state index in [1.54, 1.807) is 51.1 Å². The first-order chi connectivity index (χ1) is 17.7. The summed E-state index contributed by atoms with van der Waals surface area (Å²) in [4.78, 5) is 48.4. The van der Waals surface area contributed by atoms with Crippen LogP contribution in [0, 0.1) is 5.41 Å². The number of hydrogen-bond donors (Lipinski definition) is 0. The number of piperidine rings is 1. The van der Waals surface area contributed by atoms with Crippen LogP contribution in [0.15, 0.2) is 47.3 Å². The number of aromatic nitrogens is 2. The summed E-state index contributed by atoms with van der Waals surface area (Å²) >= 11 is 6.27. The third kappa shape index (κ3) is 4.64. The number of hydrogen-bond acceptors (Lipinski definition) is 6. The highest BCUT2D eigenvalue weighted by Gasteiger charge is 2.48. The van der Waals surface area contributed by atoms with Crippen LogP contribution in [0.25, 0.3) is 16.6 Å². The van der Waals surface area contributed by atoms with Gasteiger partial charge >= 0.3 is 5.69 Å². The number of carbonyl (C=O) groups excluding carboxylic acids is 2. The highest BCUT2D eigenvalue weighted by atomic mass is 35.5. The second kappa shape index (κ2) is 9.70. The Kier molecular flexibility index (Phi) is 6.58. The van der Waals surface area contributed by atoms with Gasteiger partial charge in [-0.15, -0.1) is 0 Å². The lowest BCUT2D eigenvalue weighted by molar-refractivity contribution is -0.143. The number of rotatable bonds is 5. The zero-order valence-corrected chi connectivity index (χ0v) is 22.0. The van der Waals surface area contributed by atoms with Crippen molar-refractivity contribution in [3.05, 3.63) is 58.0 Å². The quantitative estimate of drug-likeness (QED) is 0.511. The number of carbonyl (C=O) groups is 2. The average molecular weight is 524 g/mol. The number of likely N-dealkylation sites (tertiary alicyclic amines) is 2. The fraction of sp³-hybridized carbons (Fsp3) is 0.407. The molecule has 10 heteroatoms. The highest BCUT2D eigenvalue weighted by Crippen LogP contribution is 2.39. The van der Waals surface area contributed by atoms with Crippen molar-refractivity contribution in [1.29, 1.82) is 0 Å². The second-order valence-corrected chi connectivity index (χ2v) is 10.5. The van der Waals surface area contributed by atoms with Crippen molar-refractivity contribution in [2.45, 2.75) is 19.3 Å². The Bertz CT molecular complexity index is 1430. The predicted molar refractivity (Wildman–Crippen MR) is 143 cm³/mol.